The van der Waals surface area contributed by atoms with E-state index in [9.17, 15) is 19.2 Å². The Kier molecular flexibility index (Phi) is 9.88. The van der Waals surface area contributed by atoms with E-state index >= 15 is 0 Å². The zero-order chi connectivity index (χ0) is 30.6. The van der Waals surface area contributed by atoms with Crippen molar-refractivity contribution in [2.75, 3.05) is 25.7 Å². The average molecular weight is 613 g/mol. The lowest BCUT2D eigenvalue weighted by Gasteiger charge is -2.53. The van der Waals surface area contributed by atoms with Crippen LogP contribution < -0.4 is 16.0 Å². The summed E-state index contributed by atoms with van der Waals surface area (Å²) in [5.74, 6) is 1.61. The van der Waals surface area contributed by atoms with Crippen LogP contribution in [0.5, 0.6) is 0 Å². The van der Waals surface area contributed by atoms with E-state index < -0.39 is 35.5 Å². The van der Waals surface area contributed by atoms with E-state index in [2.05, 4.69) is 25.7 Å². The topological polar surface area (TPSA) is 139 Å². The zero-order valence-corrected chi connectivity index (χ0v) is 26.1. The van der Waals surface area contributed by atoms with Crippen molar-refractivity contribution < 1.29 is 28.7 Å². The lowest BCUT2D eigenvalue weighted by atomic mass is 9.55. The highest BCUT2D eigenvalue weighted by Gasteiger charge is 2.50. The number of rotatable bonds is 13. The minimum absolute atomic E-state index is 0.0295. The molecule has 1 aromatic carbocycles. The van der Waals surface area contributed by atoms with Crippen LogP contribution in [0.2, 0.25) is 0 Å². The fraction of sp³-hybridized carbons (Fsp3) is 0.625. The molecule has 1 aromatic heterocycles. The number of ether oxygens (including phenoxy) is 2. The van der Waals surface area contributed by atoms with Gasteiger partial charge >= 0.3 is 12.1 Å². The van der Waals surface area contributed by atoms with Crippen LogP contribution in [0.25, 0.3) is 10.9 Å². The molecule has 2 aromatic rings. The molecule has 2 unspecified atom stereocenters. The highest BCUT2D eigenvalue weighted by molar-refractivity contribution is 7.98. The first-order chi connectivity index (χ1) is 20.7. The summed E-state index contributed by atoms with van der Waals surface area (Å²) in [7, 11) is 1.29. The number of H-pyrrole nitrogens is 1. The second kappa shape index (κ2) is 13.6. The summed E-state index contributed by atoms with van der Waals surface area (Å²) in [5.41, 5.74) is 0.392. The maximum atomic E-state index is 14.1. The van der Waals surface area contributed by atoms with Gasteiger partial charge in [0.15, 0.2) is 0 Å². The van der Waals surface area contributed by atoms with Crippen molar-refractivity contribution >= 4 is 46.5 Å². The first kappa shape index (κ1) is 31.2. The molecule has 11 heteroatoms. The van der Waals surface area contributed by atoms with E-state index in [1.54, 1.807) is 18.7 Å². The second-order valence-electron chi connectivity index (χ2n) is 12.7. The third kappa shape index (κ3) is 7.30. The number of amides is 3. The number of esters is 1. The normalized spacial score (nSPS) is 25.9. The summed E-state index contributed by atoms with van der Waals surface area (Å²) < 4.78 is 10.8. The van der Waals surface area contributed by atoms with Crippen molar-refractivity contribution in [1.82, 2.24) is 20.9 Å². The van der Waals surface area contributed by atoms with Gasteiger partial charge in [-0.25, -0.2) is 4.79 Å². The molecule has 3 amide bonds. The smallest absolute Gasteiger partial charge is 0.408 e. The van der Waals surface area contributed by atoms with E-state index in [1.165, 1.54) is 13.5 Å². The number of benzene rings is 1. The van der Waals surface area contributed by atoms with Gasteiger partial charge in [-0.2, -0.15) is 11.8 Å². The fourth-order valence-electron chi connectivity index (χ4n) is 7.62. The van der Waals surface area contributed by atoms with E-state index in [0.29, 0.717) is 24.0 Å². The number of aromatic nitrogens is 1. The summed E-state index contributed by atoms with van der Waals surface area (Å²) in [6.45, 7) is 1.78. The maximum Gasteiger partial charge on any atom is 0.408 e. The Balaban J connectivity index is 1.32. The second-order valence-corrected chi connectivity index (χ2v) is 13.7. The van der Waals surface area contributed by atoms with Crippen molar-refractivity contribution in [2.45, 2.75) is 76.0 Å². The van der Waals surface area contributed by atoms with Crippen LogP contribution in [0.1, 0.15) is 57.4 Å². The SMILES string of the molecule is COC(=O)CCNC(=O)C(CCSC)NC(=O)C(C)(Cc1c[nH]c2ccccc12)NC(=O)OC1C2CC3CC(C2)CC1C3. The number of para-hydroxylation sites is 1. The third-order valence-electron chi connectivity index (χ3n) is 9.57. The molecular weight excluding hydrogens is 568 g/mol. The van der Waals surface area contributed by atoms with Crippen LogP contribution in [0, 0.1) is 23.7 Å². The molecule has 6 rings (SSSR count). The molecule has 0 aliphatic heterocycles. The predicted molar refractivity (Wildman–Crippen MR) is 165 cm³/mol. The van der Waals surface area contributed by atoms with Gasteiger partial charge in [-0.3, -0.25) is 14.4 Å². The molecule has 10 nitrogen and oxygen atoms in total. The number of hydrogen-bond acceptors (Lipinski definition) is 7. The van der Waals surface area contributed by atoms with E-state index in [1.807, 2.05) is 36.7 Å². The predicted octanol–water partition coefficient (Wildman–Crippen LogP) is 3.94. The van der Waals surface area contributed by atoms with Gasteiger partial charge in [0.05, 0.1) is 13.5 Å². The number of carbonyl (C=O) groups is 4. The summed E-state index contributed by atoms with van der Waals surface area (Å²) in [6, 6.07) is 6.96. The molecule has 4 N–H and O–H groups in total. The molecule has 0 saturated heterocycles. The molecule has 4 fully saturated rings. The Morgan fingerprint density at radius 1 is 1.07 bits per heavy atom. The summed E-state index contributed by atoms with van der Waals surface area (Å²) in [4.78, 5) is 55.4. The lowest BCUT2D eigenvalue weighted by molar-refractivity contribution is -0.140. The van der Waals surface area contributed by atoms with Crippen molar-refractivity contribution in [3.8, 4) is 0 Å². The van der Waals surface area contributed by atoms with Crippen LogP contribution >= 0.6 is 11.8 Å². The van der Waals surface area contributed by atoms with E-state index in [0.717, 1.165) is 54.0 Å². The van der Waals surface area contributed by atoms with Crippen molar-refractivity contribution in [3.05, 3.63) is 36.0 Å². The Morgan fingerprint density at radius 3 is 2.44 bits per heavy atom. The molecule has 4 bridgehead atoms. The van der Waals surface area contributed by atoms with Gasteiger partial charge in [-0.05, 0) is 92.8 Å². The van der Waals surface area contributed by atoms with E-state index in [4.69, 9.17) is 4.74 Å². The van der Waals surface area contributed by atoms with Crippen molar-refractivity contribution in [2.24, 2.45) is 23.7 Å². The average Bonchev–Trinajstić information content (AvgIpc) is 3.38. The van der Waals surface area contributed by atoms with Crippen molar-refractivity contribution in [3.63, 3.8) is 0 Å². The van der Waals surface area contributed by atoms with Gasteiger partial charge in [0.1, 0.15) is 17.7 Å². The summed E-state index contributed by atoms with van der Waals surface area (Å²) in [6.07, 6.45) is 9.42. The minimum Gasteiger partial charge on any atom is -0.469 e. The number of nitrogens with one attached hydrogen (secondary N) is 4. The number of thioether (sulfide) groups is 1. The molecular formula is C32H44N4O6S. The van der Waals surface area contributed by atoms with Crippen LogP contribution in [-0.2, 0) is 30.3 Å². The first-order valence-electron chi connectivity index (χ1n) is 15.4. The summed E-state index contributed by atoms with van der Waals surface area (Å²) in [5, 5.41) is 9.52. The fourth-order valence-corrected chi connectivity index (χ4v) is 8.09. The lowest BCUT2D eigenvalue weighted by Crippen LogP contribution is -2.62. The molecule has 4 aliphatic rings. The highest BCUT2D eigenvalue weighted by Crippen LogP contribution is 2.54. The largest absolute Gasteiger partial charge is 0.469 e. The molecule has 0 spiro atoms. The molecule has 2 atom stereocenters. The number of methoxy groups -OCH3 is 1. The van der Waals surface area contributed by atoms with Crippen molar-refractivity contribution in [1.29, 1.82) is 0 Å². The maximum absolute atomic E-state index is 14.1. The molecule has 4 saturated carbocycles. The van der Waals surface area contributed by atoms with Crippen LogP contribution in [0.3, 0.4) is 0 Å². The van der Waals surface area contributed by atoms with Gasteiger partial charge < -0.3 is 30.4 Å². The van der Waals surface area contributed by atoms with Crippen LogP contribution in [0.4, 0.5) is 4.79 Å². The summed E-state index contributed by atoms with van der Waals surface area (Å²) >= 11 is 1.56. The number of hydrogen-bond donors (Lipinski definition) is 4. The quantitative estimate of drug-likeness (QED) is 0.252. The Morgan fingerprint density at radius 2 is 1.77 bits per heavy atom. The van der Waals surface area contributed by atoms with Gasteiger partial charge in [0, 0.05) is 30.1 Å². The molecule has 0 radical (unpaired) electrons. The van der Waals surface area contributed by atoms with Crippen LogP contribution in [0.15, 0.2) is 30.5 Å². The third-order valence-corrected chi connectivity index (χ3v) is 10.2. The first-order valence-corrected chi connectivity index (χ1v) is 16.8. The van der Waals surface area contributed by atoms with Gasteiger partial charge in [-0.15, -0.1) is 0 Å². The van der Waals surface area contributed by atoms with Gasteiger partial charge in [0.2, 0.25) is 11.8 Å². The number of fused-ring (bicyclic) bond motifs is 1. The Bertz CT molecular complexity index is 1300. The van der Waals surface area contributed by atoms with Gasteiger partial charge in [0.25, 0.3) is 0 Å². The Hall–Kier alpha value is -3.21. The number of aromatic amines is 1. The zero-order valence-electron chi connectivity index (χ0n) is 25.3. The highest BCUT2D eigenvalue weighted by atomic mass is 32.2. The number of alkyl carbamates (subject to hydrolysis) is 1. The monoisotopic (exact) mass is 612 g/mol. The molecule has 1 heterocycles. The van der Waals surface area contributed by atoms with Crippen LogP contribution in [-0.4, -0.2) is 72.2 Å². The molecule has 234 valence electrons. The number of carbonyl (C=O) groups excluding carboxylic acids is 4. The van der Waals surface area contributed by atoms with Gasteiger partial charge in [-0.1, -0.05) is 18.2 Å². The molecule has 43 heavy (non-hydrogen) atoms. The standard InChI is InChI=1S/C32H44N4O6S/c1-32(17-23-18-34-25-7-5-4-6-24(23)25,30(39)35-26(9-11-43-3)29(38)33-10-8-27(37)41-2)36-31(40)42-28-21-13-19-12-20(15-21)16-22(28)14-19/h4-7,18-22,26,28,34H,8-17H2,1-3H3,(H,33,38)(H,35,39)(H,36,40). The minimum atomic E-state index is -1.40. The van der Waals surface area contributed by atoms with E-state index in [-0.39, 0.29) is 25.5 Å². The molecule has 4 aliphatic carbocycles. The Labute approximate surface area is 257 Å².